The molecule has 1 N–H and O–H groups in total. The third-order valence-electron chi connectivity index (χ3n) is 2.86. The Morgan fingerprint density at radius 2 is 1.81 bits per heavy atom. The Kier molecular flexibility index (Phi) is 4.95. The van der Waals surface area contributed by atoms with E-state index in [9.17, 15) is 9.59 Å². The standard InChI is InChI=1S/C16H13ClO4/c17-14-7-13(9-18)5-6-15(14)21-10-12-3-1-11(2-4-12)8-16(19)20/h1-7,9H,8,10H2,(H,19,20). The molecule has 0 unspecified atom stereocenters. The number of carboxylic acids is 1. The van der Waals surface area contributed by atoms with E-state index in [1.807, 2.05) is 12.1 Å². The average molecular weight is 305 g/mol. The Balaban J connectivity index is 1.99. The summed E-state index contributed by atoms with van der Waals surface area (Å²) in [6, 6.07) is 11.9. The first-order chi connectivity index (χ1) is 10.1. The number of hydrogen-bond donors (Lipinski definition) is 1. The van der Waals surface area contributed by atoms with Crippen molar-refractivity contribution in [2.24, 2.45) is 0 Å². The minimum atomic E-state index is -0.860. The van der Waals surface area contributed by atoms with Crippen LogP contribution in [0.2, 0.25) is 5.02 Å². The maximum atomic E-state index is 10.6. The third kappa shape index (κ3) is 4.33. The van der Waals surface area contributed by atoms with Gasteiger partial charge < -0.3 is 9.84 Å². The van der Waals surface area contributed by atoms with Crippen molar-refractivity contribution < 1.29 is 19.4 Å². The fourth-order valence-corrected chi connectivity index (χ4v) is 2.04. The maximum Gasteiger partial charge on any atom is 0.307 e. The monoisotopic (exact) mass is 304 g/mol. The summed E-state index contributed by atoms with van der Waals surface area (Å²) in [5, 5.41) is 9.07. The van der Waals surface area contributed by atoms with Crippen LogP contribution in [-0.2, 0) is 17.8 Å². The fraction of sp³-hybridized carbons (Fsp3) is 0.125. The van der Waals surface area contributed by atoms with Gasteiger partial charge in [0.25, 0.3) is 0 Å². The molecule has 21 heavy (non-hydrogen) atoms. The van der Waals surface area contributed by atoms with Crippen LogP contribution in [0.5, 0.6) is 5.75 Å². The Morgan fingerprint density at radius 1 is 1.14 bits per heavy atom. The summed E-state index contributed by atoms with van der Waals surface area (Å²) in [5.74, 6) is -0.363. The van der Waals surface area contributed by atoms with Crippen LogP contribution in [-0.4, -0.2) is 17.4 Å². The molecule has 0 fully saturated rings. The molecule has 0 aliphatic carbocycles. The summed E-state index contributed by atoms with van der Waals surface area (Å²) in [7, 11) is 0. The predicted octanol–water partition coefficient (Wildman–Crippen LogP) is 3.36. The molecule has 2 aromatic rings. The van der Waals surface area contributed by atoms with Crippen LogP contribution in [0.1, 0.15) is 21.5 Å². The van der Waals surface area contributed by atoms with Gasteiger partial charge in [0.05, 0.1) is 11.4 Å². The van der Waals surface area contributed by atoms with E-state index in [2.05, 4.69) is 0 Å². The summed E-state index contributed by atoms with van der Waals surface area (Å²) in [5.41, 5.74) is 2.13. The van der Waals surface area contributed by atoms with Crippen molar-refractivity contribution >= 4 is 23.9 Å². The van der Waals surface area contributed by atoms with E-state index in [1.54, 1.807) is 30.3 Å². The molecule has 0 heterocycles. The second-order valence-electron chi connectivity index (χ2n) is 4.48. The second-order valence-corrected chi connectivity index (χ2v) is 4.89. The van der Waals surface area contributed by atoms with Gasteiger partial charge >= 0.3 is 5.97 Å². The summed E-state index contributed by atoms with van der Waals surface area (Å²) >= 11 is 6.01. The number of halogens is 1. The lowest BCUT2D eigenvalue weighted by atomic mass is 10.1. The fourth-order valence-electron chi connectivity index (χ4n) is 1.80. The second kappa shape index (κ2) is 6.90. The number of ether oxygens (including phenoxy) is 1. The maximum absolute atomic E-state index is 10.6. The van der Waals surface area contributed by atoms with Gasteiger partial charge in [0, 0.05) is 5.56 Å². The Labute approximate surface area is 126 Å². The van der Waals surface area contributed by atoms with Crippen molar-refractivity contribution in [3.63, 3.8) is 0 Å². The molecule has 2 rings (SSSR count). The van der Waals surface area contributed by atoms with E-state index in [0.717, 1.165) is 17.4 Å². The summed E-state index contributed by atoms with van der Waals surface area (Å²) < 4.78 is 5.58. The van der Waals surface area contributed by atoms with Crippen molar-refractivity contribution in [2.75, 3.05) is 0 Å². The quantitative estimate of drug-likeness (QED) is 0.831. The highest BCUT2D eigenvalue weighted by Crippen LogP contribution is 2.25. The molecule has 0 radical (unpaired) electrons. The van der Waals surface area contributed by atoms with Gasteiger partial charge in [-0.15, -0.1) is 0 Å². The van der Waals surface area contributed by atoms with Crippen molar-refractivity contribution in [1.29, 1.82) is 0 Å². The van der Waals surface area contributed by atoms with E-state index in [1.165, 1.54) is 0 Å². The van der Waals surface area contributed by atoms with Crippen molar-refractivity contribution in [2.45, 2.75) is 13.0 Å². The number of carbonyl (C=O) groups excluding carboxylic acids is 1. The van der Waals surface area contributed by atoms with E-state index < -0.39 is 5.97 Å². The van der Waals surface area contributed by atoms with Gasteiger partial charge in [0.15, 0.2) is 0 Å². The number of benzene rings is 2. The summed E-state index contributed by atoms with van der Waals surface area (Å²) in [6.45, 7) is 0.313. The molecule has 0 aromatic heterocycles. The summed E-state index contributed by atoms with van der Waals surface area (Å²) in [6.07, 6.45) is 0.719. The highest BCUT2D eigenvalue weighted by molar-refractivity contribution is 6.32. The Bertz CT molecular complexity index is 650. The molecule has 4 nitrogen and oxygen atoms in total. The lowest BCUT2D eigenvalue weighted by molar-refractivity contribution is -0.136. The molecule has 0 aliphatic rings. The van der Waals surface area contributed by atoms with E-state index >= 15 is 0 Å². The molecule has 0 atom stereocenters. The summed E-state index contributed by atoms with van der Waals surface area (Å²) in [4.78, 5) is 21.2. The van der Waals surface area contributed by atoms with E-state index in [4.69, 9.17) is 21.4 Å². The highest BCUT2D eigenvalue weighted by atomic mass is 35.5. The topological polar surface area (TPSA) is 63.6 Å². The van der Waals surface area contributed by atoms with Gasteiger partial charge in [-0.1, -0.05) is 35.9 Å². The normalized spacial score (nSPS) is 10.1. The first kappa shape index (κ1) is 15.1. The molecule has 0 saturated heterocycles. The number of aliphatic carboxylic acids is 1. The van der Waals surface area contributed by atoms with Gasteiger partial charge in [-0.3, -0.25) is 9.59 Å². The lowest BCUT2D eigenvalue weighted by Gasteiger charge is -2.09. The van der Waals surface area contributed by atoms with Crippen LogP contribution in [0.15, 0.2) is 42.5 Å². The zero-order chi connectivity index (χ0) is 15.2. The minimum Gasteiger partial charge on any atom is -0.487 e. The van der Waals surface area contributed by atoms with Crippen LogP contribution in [0.4, 0.5) is 0 Å². The van der Waals surface area contributed by atoms with Crippen molar-refractivity contribution in [1.82, 2.24) is 0 Å². The predicted molar refractivity (Wildman–Crippen MR) is 79.0 cm³/mol. The Hall–Kier alpha value is -2.33. The zero-order valence-electron chi connectivity index (χ0n) is 11.1. The molecule has 0 aliphatic heterocycles. The molecule has 0 saturated carbocycles. The molecular formula is C16H13ClO4. The molecular weight excluding hydrogens is 292 g/mol. The Morgan fingerprint density at radius 3 is 2.38 bits per heavy atom. The minimum absolute atomic E-state index is 0.000122. The molecule has 5 heteroatoms. The SMILES string of the molecule is O=Cc1ccc(OCc2ccc(CC(=O)O)cc2)c(Cl)c1. The van der Waals surface area contributed by atoms with Gasteiger partial charge in [-0.2, -0.15) is 0 Å². The smallest absolute Gasteiger partial charge is 0.307 e. The van der Waals surface area contributed by atoms with Crippen LogP contribution in [0, 0.1) is 0 Å². The van der Waals surface area contributed by atoms with Crippen molar-refractivity contribution in [3.8, 4) is 5.75 Å². The molecule has 108 valence electrons. The molecule has 2 aromatic carbocycles. The van der Waals surface area contributed by atoms with E-state index in [0.29, 0.717) is 22.9 Å². The number of hydrogen-bond acceptors (Lipinski definition) is 3. The molecule has 0 amide bonds. The average Bonchev–Trinajstić information content (AvgIpc) is 2.47. The van der Waals surface area contributed by atoms with Crippen LogP contribution in [0.3, 0.4) is 0 Å². The molecule has 0 spiro atoms. The first-order valence-corrected chi connectivity index (χ1v) is 6.63. The zero-order valence-corrected chi connectivity index (χ0v) is 11.8. The van der Waals surface area contributed by atoms with Gasteiger partial charge in [-0.05, 0) is 29.3 Å². The van der Waals surface area contributed by atoms with Crippen LogP contribution < -0.4 is 4.74 Å². The van der Waals surface area contributed by atoms with Gasteiger partial charge in [-0.25, -0.2) is 0 Å². The molecule has 0 bridgehead atoms. The van der Waals surface area contributed by atoms with Crippen molar-refractivity contribution in [3.05, 3.63) is 64.2 Å². The third-order valence-corrected chi connectivity index (χ3v) is 3.16. The number of carboxylic acid groups (broad SMARTS) is 1. The number of aldehydes is 1. The van der Waals surface area contributed by atoms with Gasteiger partial charge in [0.2, 0.25) is 0 Å². The van der Waals surface area contributed by atoms with Crippen LogP contribution in [0.25, 0.3) is 0 Å². The lowest BCUT2D eigenvalue weighted by Crippen LogP contribution is -2.01. The number of carbonyl (C=O) groups is 2. The van der Waals surface area contributed by atoms with Crippen LogP contribution >= 0.6 is 11.6 Å². The first-order valence-electron chi connectivity index (χ1n) is 6.25. The number of rotatable bonds is 6. The van der Waals surface area contributed by atoms with Gasteiger partial charge in [0.1, 0.15) is 18.6 Å². The highest BCUT2D eigenvalue weighted by Gasteiger charge is 2.04. The van der Waals surface area contributed by atoms with E-state index in [-0.39, 0.29) is 6.42 Å². The largest absolute Gasteiger partial charge is 0.487 e.